The number of allylic oxidation sites excluding steroid dienone is 3. The van der Waals surface area contributed by atoms with Crippen LogP contribution in [0.25, 0.3) is 0 Å². The van der Waals surface area contributed by atoms with E-state index in [1.807, 2.05) is 67.3 Å². The Labute approximate surface area is 242 Å². The van der Waals surface area contributed by atoms with E-state index in [1.165, 1.54) is 0 Å². The highest BCUT2D eigenvalue weighted by Gasteiger charge is 2.45. The number of carbonyl (C=O) groups is 1. The normalized spacial score (nSPS) is 18.2. The van der Waals surface area contributed by atoms with Gasteiger partial charge in [-0.1, -0.05) is 38.1 Å². The Morgan fingerprint density at radius 3 is 2.37 bits per heavy atom. The molecule has 2 aliphatic rings. The largest absolute Gasteiger partial charge is 0.497 e. The van der Waals surface area contributed by atoms with Crippen LogP contribution in [0.15, 0.2) is 83.3 Å². The van der Waals surface area contributed by atoms with Crippen molar-refractivity contribution in [1.29, 1.82) is 5.26 Å². The molecule has 41 heavy (non-hydrogen) atoms. The Hall–Kier alpha value is -4.50. The van der Waals surface area contributed by atoms with Crippen LogP contribution in [0.2, 0.25) is 0 Å². The smallest absolute Gasteiger partial charge is 0.162 e. The Balaban J connectivity index is 1.63. The Bertz CT molecular complexity index is 1620. The lowest BCUT2D eigenvalue weighted by Crippen LogP contribution is -2.42. The summed E-state index contributed by atoms with van der Waals surface area (Å²) in [7, 11) is 1.63. The number of aryl methyl sites for hydroxylation is 3. The van der Waals surface area contributed by atoms with Gasteiger partial charge in [0.15, 0.2) is 5.78 Å². The van der Waals surface area contributed by atoms with Crippen LogP contribution in [0.1, 0.15) is 60.4 Å². The van der Waals surface area contributed by atoms with Crippen molar-refractivity contribution in [2.24, 2.45) is 11.1 Å². The third-order valence-corrected chi connectivity index (χ3v) is 8.13. The first-order valence-electron chi connectivity index (χ1n) is 13.9. The first-order chi connectivity index (χ1) is 19.5. The van der Waals surface area contributed by atoms with Crippen LogP contribution >= 0.6 is 0 Å². The number of benzene rings is 3. The van der Waals surface area contributed by atoms with E-state index in [2.05, 4.69) is 39.0 Å². The minimum atomic E-state index is -0.542. The number of anilines is 1. The van der Waals surface area contributed by atoms with Gasteiger partial charge in [-0.25, -0.2) is 0 Å². The Kier molecular flexibility index (Phi) is 7.40. The topological polar surface area (TPSA) is 88.6 Å². The van der Waals surface area contributed by atoms with Crippen molar-refractivity contribution in [3.63, 3.8) is 0 Å². The number of ketones is 1. The van der Waals surface area contributed by atoms with E-state index >= 15 is 0 Å². The number of nitriles is 1. The van der Waals surface area contributed by atoms with Crippen LogP contribution in [-0.2, 0) is 11.4 Å². The molecule has 2 N–H and O–H groups in total. The second kappa shape index (κ2) is 10.8. The summed E-state index contributed by atoms with van der Waals surface area (Å²) >= 11 is 0. The van der Waals surface area contributed by atoms with E-state index in [4.69, 9.17) is 15.2 Å². The van der Waals surface area contributed by atoms with Gasteiger partial charge in [0.1, 0.15) is 23.9 Å². The van der Waals surface area contributed by atoms with Crippen LogP contribution < -0.4 is 20.1 Å². The lowest BCUT2D eigenvalue weighted by Gasteiger charge is -2.44. The molecule has 6 nitrogen and oxygen atoms in total. The van der Waals surface area contributed by atoms with Gasteiger partial charge >= 0.3 is 0 Å². The van der Waals surface area contributed by atoms with E-state index in [0.717, 1.165) is 50.7 Å². The number of carbonyl (C=O) groups excluding carboxylic acids is 1. The van der Waals surface area contributed by atoms with Crippen molar-refractivity contribution in [1.82, 2.24) is 0 Å². The molecular formula is C35H37N3O3. The Morgan fingerprint density at radius 1 is 1.00 bits per heavy atom. The molecule has 1 unspecified atom stereocenters. The molecule has 3 aromatic carbocycles. The van der Waals surface area contributed by atoms with Crippen LogP contribution in [0.5, 0.6) is 11.5 Å². The van der Waals surface area contributed by atoms with Gasteiger partial charge in [0.2, 0.25) is 0 Å². The Morgan fingerprint density at radius 2 is 1.71 bits per heavy atom. The van der Waals surface area contributed by atoms with E-state index in [9.17, 15) is 10.1 Å². The summed E-state index contributed by atoms with van der Waals surface area (Å²) in [5.74, 6) is 1.40. The summed E-state index contributed by atoms with van der Waals surface area (Å²) < 4.78 is 11.4. The molecule has 210 valence electrons. The fourth-order valence-corrected chi connectivity index (χ4v) is 6.10. The minimum Gasteiger partial charge on any atom is -0.497 e. The second-order valence-corrected chi connectivity index (χ2v) is 11.9. The van der Waals surface area contributed by atoms with E-state index < -0.39 is 5.92 Å². The number of nitrogens with two attached hydrogens (primary N) is 1. The number of hydrogen-bond donors (Lipinski definition) is 1. The van der Waals surface area contributed by atoms with Crippen molar-refractivity contribution in [3.05, 3.63) is 111 Å². The standard InChI is InChI=1S/C35H37N3O3/c1-21-8-7-9-25(14-21)38-30-17-35(4,5)18-31(39)33(30)32(29(19-36)34(38)37)28-16-24(22(2)15-23(28)3)20-41-27-12-10-26(40-6)11-13-27/h7-16,32H,17-18,20,37H2,1-6H3. The average molecular weight is 548 g/mol. The van der Waals surface area contributed by atoms with E-state index in [0.29, 0.717) is 36.4 Å². The molecule has 0 saturated heterocycles. The van der Waals surface area contributed by atoms with Gasteiger partial charge in [-0.15, -0.1) is 0 Å². The zero-order valence-electron chi connectivity index (χ0n) is 24.7. The number of Topliss-reactive ketones (excluding diaryl/α,β-unsaturated/α-hetero) is 1. The predicted molar refractivity (Wildman–Crippen MR) is 162 cm³/mol. The van der Waals surface area contributed by atoms with Gasteiger partial charge in [0.25, 0.3) is 0 Å². The molecule has 3 aromatic rings. The summed E-state index contributed by atoms with van der Waals surface area (Å²) in [5.41, 5.74) is 14.5. The molecule has 0 spiro atoms. The number of rotatable bonds is 6. The van der Waals surface area contributed by atoms with E-state index in [-0.39, 0.29) is 11.2 Å². The lowest BCUT2D eigenvalue weighted by atomic mass is 9.68. The molecule has 0 fully saturated rings. The van der Waals surface area contributed by atoms with Crippen molar-refractivity contribution in [3.8, 4) is 17.6 Å². The van der Waals surface area contributed by atoms with Gasteiger partial charge in [0, 0.05) is 23.4 Å². The monoisotopic (exact) mass is 547 g/mol. The molecule has 0 radical (unpaired) electrons. The summed E-state index contributed by atoms with van der Waals surface area (Å²) in [4.78, 5) is 15.9. The van der Waals surface area contributed by atoms with Gasteiger partial charge in [-0.05, 0) is 96.8 Å². The minimum absolute atomic E-state index is 0.0650. The maximum absolute atomic E-state index is 14.0. The molecule has 5 rings (SSSR count). The predicted octanol–water partition coefficient (Wildman–Crippen LogP) is 7.14. The number of ether oxygens (including phenoxy) is 2. The van der Waals surface area contributed by atoms with Gasteiger partial charge in [0.05, 0.1) is 24.7 Å². The molecule has 1 heterocycles. The fourth-order valence-electron chi connectivity index (χ4n) is 6.10. The van der Waals surface area contributed by atoms with Crippen molar-refractivity contribution in [2.45, 2.75) is 60.0 Å². The second-order valence-electron chi connectivity index (χ2n) is 11.9. The molecule has 0 saturated carbocycles. The highest BCUT2D eigenvalue weighted by Crippen LogP contribution is 2.51. The maximum Gasteiger partial charge on any atom is 0.162 e. The van der Waals surface area contributed by atoms with E-state index in [1.54, 1.807) is 7.11 Å². The fraction of sp³-hybridized carbons (Fsp3) is 0.314. The SMILES string of the molecule is COc1ccc(OCc2cc(C3C(C#N)=C(N)N(c4cccc(C)c4)C4=C3C(=O)CC(C)(C)C4)c(C)cc2C)cc1. The third-order valence-electron chi connectivity index (χ3n) is 8.13. The molecule has 1 aliphatic heterocycles. The quantitative estimate of drug-likeness (QED) is 0.353. The zero-order valence-corrected chi connectivity index (χ0v) is 24.7. The zero-order chi connectivity index (χ0) is 29.5. The molecule has 0 aromatic heterocycles. The molecule has 6 heteroatoms. The summed E-state index contributed by atoms with van der Waals surface area (Å²) in [5, 5.41) is 10.5. The molecule has 0 amide bonds. The summed E-state index contributed by atoms with van der Waals surface area (Å²) in [6.07, 6.45) is 1.09. The third kappa shape index (κ3) is 5.32. The van der Waals surface area contributed by atoms with Gasteiger partial charge in [-0.2, -0.15) is 5.26 Å². The number of nitrogens with zero attached hydrogens (tertiary/aromatic N) is 2. The van der Waals surface area contributed by atoms with Crippen LogP contribution in [0, 0.1) is 37.5 Å². The first kappa shape index (κ1) is 28.0. The first-order valence-corrected chi connectivity index (χ1v) is 13.9. The highest BCUT2D eigenvalue weighted by atomic mass is 16.5. The lowest BCUT2D eigenvalue weighted by molar-refractivity contribution is -0.118. The van der Waals surface area contributed by atoms with Crippen molar-refractivity contribution < 1.29 is 14.3 Å². The highest BCUT2D eigenvalue weighted by molar-refractivity contribution is 6.01. The van der Waals surface area contributed by atoms with Crippen LogP contribution in [-0.4, -0.2) is 12.9 Å². The summed E-state index contributed by atoms with van der Waals surface area (Å²) in [6.45, 7) is 10.7. The van der Waals surface area contributed by atoms with Crippen LogP contribution in [0.4, 0.5) is 5.69 Å². The molecule has 0 bridgehead atoms. The molecule has 1 aliphatic carbocycles. The van der Waals surface area contributed by atoms with Crippen molar-refractivity contribution in [2.75, 3.05) is 12.0 Å². The van der Waals surface area contributed by atoms with Gasteiger partial charge < -0.3 is 15.2 Å². The van der Waals surface area contributed by atoms with Crippen LogP contribution in [0.3, 0.4) is 0 Å². The summed E-state index contributed by atoms with van der Waals surface area (Å²) in [6, 6.07) is 22.1. The number of hydrogen-bond acceptors (Lipinski definition) is 6. The maximum atomic E-state index is 14.0. The molecular weight excluding hydrogens is 510 g/mol. The van der Waals surface area contributed by atoms with Gasteiger partial charge in [-0.3, -0.25) is 9.69 Å². The number of methoxy groups -OCH3 is 1. The average Bonchev–Trinajstić information content (AvgIpc) is 2.92. The van der Waals surface area contributed by atoms with Crippen molar-refractivity contribution >= 4 is 11.5 Å². The molecule has 1 atom stereocenters.